The Labute approximate surface area is 195 Å². The van der Waals surface area contributed by atoms with E-state index in [-0.39, 0.29) is 21.2 Å². The number of piperidine rings is 1. The van der Waals surface area contributed by atoms with E-state index >= 15 is 0 Å². The van der Waals surface area contributed by atoms with Crippen LogP contribution in [0.5, 0.6) is 0 Å². The number of hydrogen-bond donors (Lipinski definition) is 1. The Morgan fingerprint density at radius 3 is 2.52 bits per heavy atom. The molecule has 33 heavy (non-hydrogen) atoms. The molecule has 12 heteroatoms. The summed E-state index contributed by atoms with van der Waals surface area (Å²) in [6.07, 6.45) is 2.59. The lowest BCUT2D eigenvalue weighted by atomic mass is 10.2. The summed E-state index contributed by atoms with van der Waals surface area (Å²) < 4.78 is 32.1. The quantitative estimate of drug-likeness (QED) is 0.352. The van der Waals surface area contributed by atoms with Gasteiger partial charge in [-0.15, -0.1) is 0 Å². The highest BCUT2D eigenvalue weighted by molar-refractivity contribution is 7.89. The summed E-state index contributed by atoms with van der Waals surface area (Å²) in [4.78, 5) is 34.8. The Morgan fingerprint density at radius 1 is 1.15 bits per heavy atom. The minimum Gasteiger partial charge on any atom is -0.452 e. The molecule has 1 heterocycles. The fraction of sp³-hybridized carbons (Fsp3) is 0.333. The molecule has 0 unspecified atom stereocenters. The van der Waals surface area contributed by atoms with Crippen LogP contribution in [0.1, 0.15) is 35.2 Å². The lowest BCUT2D eigenvalue weighted by Gasteiger charge is -2.26. The van der Waals surface area contributed by atoms with Crippen LogP contribution in [0, 0.1) is 17.0 Å². The van der Waals surface area contributed by atoms with Crippen LogP contribution in [0.3, 0.4) is 0 Å². The first-order valence-corrected chi connectivity index (χ1v) is 11.9. The third-order valence-corrected chi connectivity index (χ3v) is 7.36. The number of anilines is 1. The normalized spacial score (nSPS) is 14.5. The van der Waals surface area contributed by atoms with Gasteiger partial charge in [0.05, 0.1) is 15.4 Å². The van der Waals surface area contributed by atoms with Crippen LogP contribution in [-0.2, 0) is 19.6 Å². The zero-order valence-corrected chi connectivity index (χ0v) is 19.3. The van der Waals surface area contributed by atoms with Gasteiger partial charge >= 0.3 is 5.97 Å². The first-order chi connectivity index (χ1) is 15.6. The second-order valence-corrected chi connectivity index (χ2v) is 9.83. The molecule has 0 aliphatic carbocycles. The number of nitrogens with zero attached hydrogens (tertiary/aromatic N) is 2. The molecule has 1 aliphatic rings. The van der Waals surface area contributed by atoms with Crippen molar-refractivity contribution in [2.75, 3.05) is 25.0 Å². The molecule has 0 aromatic heterocycles. The van der Waals surface area contributed by atoms with Gasteiger partial charge in [0, 0.05) is 24.8 Å². The maximum atomic E-state index is 12.9. The highest BCUT2D eigenvalue weighted by Crippen LogP contribution is 2.26. The van der Waals surface area contributed by atoms with Crippen LogP contribution in [0.25, 0.3) is 0 Å². The smallest absolute Gasteiger partial charge is 0.338 e. The molecule has 10 nitrogen and oxygen atoms in total. The standard InChI is InChI=1S/C21H22ClN3O7S/c1-14-5-7-16(33(30,31)24-9-3-2-4-10-24)12-18(14)23-20(26)13-32-21(27)15-6-8-17(22)19(11-15)25(28)29/h5-8,11-12H,2-4,9-10,13H2,1H3,(H,23,26). The van der Waals surface area contributed by atoms with Crippen molar-refractivity contribution < 1.29 is 27.7 Å². The van der Waals surface area contributed by atoms with Crippen LogP contribution >= 0.6 is 11.6 Å². The van der Waals surface area contributed by atoms with Crippen molar-refractivity contribution in [3.8, 4) is 0 Å². The summed E-state index contributed by atoms with van der Waals surface area (Å²) in [5.74, 6) is -1.63. The average molecular weight is 496 g/mol. The molecule has 176 valence electrons. The second kappa shape index (κ2) is 10.3. The number of ether oxygens (including phenoxy) is 1. The van der Waals surface area contributed by atoms with E-state index in [1.807, 2.05) is 0 Å². The maximum absolute atomic E-state index is 12.9. The van der Waals surface area contributed by atoms with Crippen molar-refractivity contribution in [2.45, 2.75) is 31.1 Å². The second-order valence-electron chi connectivity index (χ2n) is 7.49. The van der Waals surface area contributed by atoms with Gasteiger partial charge in [-0.25, -0.2) is 13.2 Å². The van der Waals surface area contributed by atoms with Crippen molar-refractivity contribution in [1.82, 2.24) is 4.31 Å². The van der Waals surface area contributed by atoms with E-state index < -0.39 is 39.1 Å². The fourth-order valence-corrected chi connectivity index (χ4v) is 5.06. The highest BCUT2D eigenvalue weighted by Gasteiger charge is 2.26. The van der Waals surface area contributed by atoms with Crippen LogP contribution < -0.4 is 5.32 Å². The summed E-state index contributed by atoms with van der Waals surface area (Å²) >= 11 is 5.72. The van der Waals surface area contributed by atoms with Crippen molar-refractivity contribution in [1.29, 1.82) is 0 Å². The van der Waals surface area contributed by atoms with Gasteiger partial charge in [0.25, 0.3) is 11.6 Å². The molecule has 0 atom stereocenters. The minimum atomic E-state index is -3.68. The molecule has 1 amide bonds. The molecule has 1 aliphatic heterocycles. The zero-order chi connectivity index (χ0) is 24.2. The van der Waals surface area contributed by atoms with Crippen molar-refractivity contribution in [3.63, 3.8) is 0 Å². The number of benzene rings is 2. The van der Waals surface area contributed by atoms with Gasteiger partial charge in [0.2, 0.25) is 10.0 Å². The Morgan fingerprint density at radius 2 is 1.85 bits per heavy atom. The molecular weight excluding hydrogens is 474 g/mol. The molecule has 0 saturated carbocycles. The van der Waals surface area contributed by atoms with Gasteiger partial charge in [0.1, 0.15) is 5.02 Å². The molecule has 0 spiro atoms. The Balaban J connectivity index is 1.67. The summed E-state index contributed by atoms with van der Waals surface area (Å²) in [5.41, 5.74) is 0.305. The van der Waals surface area contributed by atoms with Gasteiger partial charge in [-0.1, -0.05) is 24.1 Å². The van der Waals surface area contributed by atoms with Crippen LogP contribution in [0.15, 0.2) is 41.3 Å². The van der Waals surface area contributed by atoms with Gasteiger partial charge in [-0.05, 0) is 49.6 Å². The SMILES string of the molecule is Cc1ccc(S(=O)(=O)N2CCCCC2)cc1NC(=O)COC(=O)c1ccc(Cl)c([N+](=O)[O-])c1. The topological polar surface area (TPSA) is 136 Å². The fourth-order valence-electron chi connectivity index (χ4n) is 3.33. The van der Waals surface area contributed by atoms with Crippen molar-refractivity contribution >= 4 is 44.9 Å². The van der Waals surface area contributed by atoms with Gasteiger partial charge in [-0.3, -0.25) is 14.9 Å². The van der Waals surface area contributed by atoms with Crippen LogP contribution in [0.2, 0.25) is 5.02 Å². The number of amides is 1. The van der Waals surface area contributed by atoms with Gasteiger partial charge in [0.15, 0.2) is 6.61 Å². The molecule has 2 aromatic rings. The Hall–Kier alpha value is -3.02. The molecule has 0 radical (unpaired) electrons. The molecular formula is C21H22ClN3O7S. The molecule has 1 N–H and O–H groups in total. The lowest BCUT2D eigenvalue weighted by Crippen LogP contribution is -2.35. The number of carbonyl (C=O) groups is 2. The van der Waals surface area contributed by atoms with E-state index in [2.05, 4.69) is 5.32 Å². The van der Waals surface area contributed by atoms with Crippen molar-refractivity contribution in [3.05, 3.63) is 62.7 Å². The number of nitro groups is 1. The van der Waals surface area contributed by atoms with E-state index in [0.717, 1.165) is 25.3 Å². The Kier molecular flexibility index (Phi) is 7.67. The van der Waals surface area contributed by atoms with E-state index in [0.29, 0.717) is 18.7 Å². The first kappa shape index (κ1) is 24.6. The van der Waals surface area contributed by atoms with E-state index in [9.17, 15) is 28.1 Å². The predicted octanol–water partition coefficient (Wildman–Crippen LogP) is 3.53. The first-order valence-electron chi connectivity index (χ1n) is 10.1. The summed E-state index contributed by atoms with van der Waals surface area (Å²) in [5, 5.41) is 13.4. The third kappa shape index (κ3) is 5.86. The third-order valence-electron chi connectivity index (χ3n) is 5.15. The monoisotopic (exact) mass is 495 g/mol. The molecule has 1 saturated heterocycles. The highest BCUT2D eigenvalue weighted by atomic mass is 35.5. The van der Waals surface area contributed by atoms with Crippen LogP contribution in [0.4, 0.5) is 11.4 Å². The molecule has 3 rings (SSSR count). The van der Waals surface area contributed by atoms with Crippen molar-refractivity contribution in [2.24, 2.45) is 0 Å². The van der Waals surface area contributed by atoms with Gasteiger partial charge < -0.3 is 10.1 Å². The number of sulfonamides is 1. The summed E-state index contributed by atoms with van der Waals surface area (Å²) in [7, 11) is -3.68. The van der Waals surface area contributed by atoms with Crippen LogP contribution in [-0.4, -0.2) is 49.2 Å². The number of halogens is 1. The zero-order valence-electron chi connectivity index (χ0n) is 17.7. The molecule has 1 fully saturated rings. The number of aryl methyl sites for hydroxylation is 1. The largest absolute Gasteiger partial charge is 0.452 e. The number of nitrogens with one attached hydrogen (secondary N) is 1. The maximum Gasteiger partial charge on any atom is 0.338 e. The number of rotatable bonds is 7. The lowest BCUT2D eigenvalue weighted by molar-refractivity contribution is -0.384. The minimum absolute atomic E-state index is 0.0655. The number of carbonyl (C=O) groups excluding carboxylic acids is 2. The van der Waals surface area contributed by atoms with E-state index in [1.165, 1.54) is 28.6 Å². The average Bonchev–Trinajstić information content (AvgIpc) is 2.79. The van der Waals surface area contributed by atoms with Gasteiger partial charge in [-0.2, -0.15) is 4.31 Å². The Bertz CT molecular complexity index is 1190. The van der Waals surface area contributed by atoms with E-state index in [1.54, 1.807) is 13.0 Å². The molecule has 2 aromatic carbocycles. The number of hydrogen-bond acceptors (Lipinski definition) is 7. The summed E-state index contributed by atoms with van der Waals surface area (Å²) in [6.45, 7) is 1.94. The predicted molar refractivity (Wildman–Crippen MR) is 121 cm³/mol. The number of esters is 1. The number of nitro benzene ring substituents is 1. The molecule has 0 bridgehead atoms. The van der Waals surface area contributed by atoms with E-state index in [4.69, 9.17) is 16.3 Å². The summed E-state index contributed by atoms with van der Waals surface area (Å²) in [6, 6.07) is 7.85.